The maximum absolute atomic E-state index is 12.4. The summed E-state index contributed by atoms with van der Waals surface area (Å²) in [6.45, 7) is 9.32. The van der Waals surface area contributed by atoms with Gasteiger partial charge in [0.2, 0.25) is 0 Å². The van der Waals surface area contributed by atoms with Crippen LogP contribution in [0.5, 0.6) is 0 Å². The van der Waals surface area contributed by atoms with Crippen LogP contribution in [0.4, 0.5) is 0 Å². The maximum Gasteiger partial charge on any atom is 0.307 e. The van der Waals surface area contributed by atoms with Crippen LogP contribution in [0.2, 0.25) is 0 Å². The lowest BCUT2D eigenvalue weighted by Gasteiger charge is -2.22. The van der Waals surface area contributed by atoms with E-state index in [2.05, 4.69) is 0 Å². The monoisotopic (exact) mass is 634 g/mol. The molecule has 0 aliphatic heterocycles. The molecule has 0 rings (SSSR count). The quantitative estimate of drug-likeness (QED) is 0.0700. The Morgan fingerprint density at radius 3 is 1.45 bits per heavy atom. The van der Waals surface area contributed by atoms with E-state index in [1.165, 1.54) is 7.11 Å². The molecule has 0 aromatic heterocycles. The Morgan fingerprint density at radius 1 is 0.591 bits per heavy atom. The summed E-state index contributed by atoms with van der Waals surface area (Å²) in [5, 5.41) is 18.1. The molecule has 2 N–H and O–H groups in total. The summed E-state index contributed by atoms with van der Waals surface area (Å²) in [5.74, 6) is -1.37. The van der Waals surface area contributed by atoms with Crippen LogP contribution in [-0.2, 0) is 42.9 Å². The molecule has 2 unspecified atom stereocenters. The van der Waals surface area contributed by atoms with Gasteiger partial charge in [-0.1, -0.05) is 6.92 Å². The molecule has 0 aliphatic carbocycles. The molecule has 44 heavy (non-hydrogen) atoms. The number of nitrogens with zero attached hydrogens (tertiary/aromatic N) is 2. The van der Waals surface area contributed by atoms with Gasteiger partial charge in [-0.2, -0.15) is 0 Å². The van der Waals surface area contributed by atoms with E-state index in [1.807, 2.05) is 23.6 Å². The van der Waals surface area contributed by atoms with Crippen molar-refractivity contribution in [2.75, 3.05) is 79.4 Å². The van der Waals surface area contributed by atoms with E-state index in [1.54, 1.807) is 6.92 Å². The van der Waals surface area contributed by atoms with Gasteiger partial charge in [0.25, 0.3) is 0 Å². The van der Waals surface area contributed by atoms with Crippen LogP contribution in [0.3, 0.4) is 0 Å². The predicted molar refractivity (Wildman–Crippen MR) is 164 cm³/mol. The third-order valence-electron chi connectivity index (χ3n) is 6.87. The Bertz CT molecular complexity index is 769. The molecule has 0 aliphatic rings. The van der Waals surface area contributed by atoms with Gasteiger partial charge in [-0.25, -0.2) is 0 Å². The third-order valence-corrected chi connectivity index (χ3v) is 6.87. The Labute approximate surface area is 263 Å². The van der Waals surface area contributed by atoms with E-state index >= 15 is 0 Å². The van der Waals surface area contributed by atoms with Crippen molar-refractivity contribution in [3.05, 3.63) is 0 Å². The normalized spacial score (nSPS) is 12.6. The molecule has 0 saturated carbocycles. The number of rotatable bonds is 29. The first-order valence-electron chi connectivity index (χ1n) is 16.0. The molecule has 0 aromatic carbocycles. The van der Waals surface area contributed by atoms with Crippen molar-refractivity contribution in [1.82, 2.24) is 9.80 Å². The van der Waals surface area contributed by atoms with E-state index in [4.69, 9.17) is 33.9 Å². The molecule has 258 valence electrons. The van der Waals surface area contributed by atoms with E-state index in [-0.39, 0.29) is 82.1 Å². The molecule has 13 nitrogen and oxygen atoms in total. The van der Waals surface area contributed by atoms with Gasteiger partial charge < -0.3 is 43.7 Å². The molecule has 2 atom stereocenters. The highest BCUT2D eigenvalue weighted by Crippen LogP contribution is 2.07. The fourth-order valence-corrected chi connectivity index (χ4v) is 3.99. The van der Waals surface area contributed by atoms with Crippen LogP contribution in [0.1, 0.15) is 85.0 Å². The van der Waals surface area contributed by atoms with Crippen LogP contribution in [0.25, 0.3) is 0 Å². The van der Waals surface area contributed by atoms with Crippen LogP contribution < -0.4 is 0 Å². The number of carbonyl (C=O) groups is 4. The highest BCUT2D eigenvalue weighted by Gasteiger charge is 2.16. The van der Waals surface area contributed by atoms with E-state index in [9.17, 15) is 19.2 Å². The molecule has 0 radical (unpaired) electrons. The minimum Gasteiger partial charge on any atom is -0.465 e. The van der Waals surface area contributed by atoms with Gasteiger partial charge in [-0.3, -0.25) is 19.2 Å². The Balaban J connectivity index is 4.44. The standard InChI is InChI=1S/C31H58N2O11/c1-5-26(2)43-30(38)12-19-32(15-6-8-21-34)17-10-28(36)41-23-14-27(3)44-31(39)13-20-33(16-7-9-22-35)18-11-29(37)42-25-24-40-4/h26-27,34-35H,5-25H2,1-4H3. The van der Waals surface area contributed by atoms with E-state index in [0.717, 1.165) is 19.3 Å². The Kier molecular flexibility index (Phi) is 26.7. The molecule has 0 amide bonds. The largest absolute Gasteiger partial charge is 0.465 e. The predicted octanol–water partition coefficient (Wildman–Crippen LogP) is 2.09. The van der Waals surface area contributed by atoms with Gasteiger partial charge in [0.15, 0.2) is 0 Å². The zero-order valence-electron chi connectivity index (χ0n) is 27.5. The number of methoxy groups -OCH3 is 1. The summed E-state index contributed by atoms with van der Waals surface area (Å²) in [4.78, 5) is 52.7. The number of aliphatic hydroxyl groups excluding tert-OH is 2. The molecule has 0 aromatic rings. The first-order valence-corrected chi connectivity index (χ1v) is 16.0. The zero-order chi connectivity index (χ0) is 33.0. The lowest BCUT2D eigenvalue weighted by atomic mass is 10.2. The molecule has 0 spiro atoms. The summed E-state index contributed by atoms with van der Waals surface area (Å²) >= 11 is 0. The molecule has 0 saturated heterocycles. The van der Waals surface area contributed by atoms with Crippen molar-refractivity contribution >= 4 is 23.9 Å². The fraction of sp³-hybridized carbons (Fsp3) is 0.871. The number of carbonyl (C=O) groups excluding carboxylic acids is 4. The van der Waals surface area contributed by atoms with Crippen molar-refractivity contribution in [2.45, 2.75) is 97.2 Å². The topological polar surface area (TPSA) is 161 Å². The number of aliphatic hydroxyl groups is 2. The second-order valence-corrected chi connectivity index (χ2v) is 10.8. The molecular formula is C31H58N2O11. The number of esters is 4. The minimum atomic E-state index is -0.444. The van der Waals surface area contributed by atoms with Gasteiger partial charge in [0.1, 0.15) is 12.7 Å². The number of ether oxygens (including phenoxy) is 5. The lowest BCUT2D eigenvalue weighted by molar-refractivity contribution is -0.151. The third kappa shape index (κ3) is 25.1. The summed E-state index contributed by atoms with van der Waals surface area (Å²) in [7, 11) is 1.53. The Hall–Kier alpha value is -2.32. The molecule has 0 bridgehead atoms. The number of unbranched alkanes of at least 4 members (excludes halogenated alkanes) is 2. The summed E-state index contributed by atoms with van der Waals surface area (Å²) in [5.41, 5.74) is 0. The second-order valence-electron chi connectivity index (χ2n) is 10.8. The van der Waals surface area contributed by atoms with Gasteiger partial charge in [0, 0.05) is 52.9 Å². The first-order chi connectivity index (χ1) is 21.1. The average molecular weight is 635 g/mol. The summed E-state index contributed by atoms with van der Waals surface area (Å²) in [6, 6.07) is 0. The van der Waals surface area contributed by atoms with Crippen LogP contribution in [-0.4, -0.2) is 136 Å². The maximum atomic E-state index is 12.4. The summed E-state index contributed by atoms with van der Waals surface area (Å²) in [6.07, 6.45) is 3.97. The van der Waals surface area contributed by atoms with Crippen molar-refractivity contribution in [2.24, 2.45) is 0 Å². The SMILES string of the molecule is CCC(C)OC(=O)CCN(CCCCO)CCC(=O)OCCC(C)OC(=O)CCN(CCCCO)CCC(=O)OCCOC. The van der Waals surface area contributed by atoms with Crippen molar-refractivity contribution in [3.8, 4) is 0 Å². The Morgan fingerprint density at radius 2 is 1.02 bits per heavy atom. The minimum absolute atomic E-state index is 0.0782. The molecule has 0 fully saturated rings. The van der Waals surface area contributed by atoms with E-state index < -0.39 is 6.10 Å². The zero-order valence-corrected chi connectivity index (χ0v) is 27.5. The highest BCUT2D eigenvalue weighted by atomic mass is 16.6. The van der Waals surface area contributed by atoms with Crippen LogP contribution in [0.15, 0.2) is 0 Å². The lowest BCUT2D eigenvalue weighted by Crippen LogP contribution is -2.31. The molecule has 0 heterocycles. The van der Waals surface area contributed by atoms with Gasteiger partial charge in [0.05, 0.1) is 45.0 Å². The number of hydrogen-bond donors (Lipinski definition) is 2. The fourth-order valence-electron chi connectivity index (χ4n) is 3.99. The van der Waals surface area contributed by atoms with E-state index in [0.29, 0.717) is 65.1 Å². The smallest absolute Gasteiger partial charge is 0.307 e. The first kappa shape index (κ1) is 41.7. The van der Waals surface area contributed by atoms with Gasteiger partial charge in [-0.05, 0) is 59.0 Å². The van der Waals surface area contributed by atoms with Crippen molar-refractivity contribution in [3.63, 3.8) is 0 Å². The highest BCUT2D eigenvalue weighted by molar-refractivity contribution is 5.71. The van der Waals surface area contributed by atoms with Crippen LogP contribution in [0, 0.1) is 0 Å². The second kappa shape index (κ2) is 28.2. The number of hydrogen-bond acceptors (Lipinski definition) is 13. The van der Waals surface area contributed by atoms with Gasteiger partial charge in [-0.15, -0.1) is 0 Å². The molecule has 13 heteroatoms. The van der Waals surface area contributed by atoms with Gasteiger partial charge >= 0.3 is 23.9 Å². The van der Waals surface area contributed by atoms with Crippen LogP contribution >= 0.6 is 0 Å². The average Bonchev–Trinajstić information content (AvgIpc) is 2.99. The van der Waals surface area contributed by atoms with Crippen molar-refractivity contribution < 1.29 is 53.1 Å². The van der Waals surface area contributed by atoms with Crippen molar-refractivity contribution in [1.29, 1.82) is 0 Å². The molecular weight excluding hydrogens is 576 g/mol. The summed E-state index contributed by atoms with van der Waals surface area (Å²) < 4.78 is 26.1.